The lowest BCUT2D eigenvalue weighted by atomic mass is 10.2. The quantitative estimate of drug-likeness (QED) is 0.606. The first-order valence-corrected chi connectivity index (χ1v) is 7.50. The van der Waals surface area contributed by atoms with E-state index < -0.39 is 20.6 Å². The number of hydrogen-bond donors (Lipinski definition) is 2. The van der Waals surface area contributed by atoms with E-state index in [1.54, 1.807) is 6.92 Å². The lowest BCUT2D eigenvalue weighted by Crippen LogP contribution is -2.29. The van der Waals surface area contributed by atoms with Gasteiger partial charge in [-0.15, -0.1) is 11.3 Å². The molecule has 1 unspecified atom stereocenters. The number of nitro groups is 1. The van der Waals surface area contributed by atoms with Crippen molar-refractivity contribution in [2.45, 2.75) is 11.1 Å². The third-order valence-electron chi connectivity index (χ3n) is 2.04. The van der Waals surface area contributed by atoms with Crippen LogP contribution in [0.25, 0.3) is 0 Å². The van der Waals surface area contributed by atoms with E-state index in [4.69, 9.17) is 16.7 Å². The standard InChI is InChI=1S/C8H11ClN2O5S2/c1-5(4-12)3-10-18(15,16)7-2-6(11(13)14)8(9)17-7/h2,5,10,12H,3-4H2,1H3. The Labute approximate surface area is 113 Å². The SMILES string of the molecule is CC(CO)CNS(=O)(=O)c1cc([N+](=O)[O-])c(Cl)s1. The molecule has 0 amide bonds. The monoisotopic (exact) mass is 314 g/mol. The topological polar surface area (TPSA) is 110 Å². The summed E-state index contributed by atoms with van der Waals surface area (Å²) in [7, 11) is -3.83. The van der Waals surface area contributed by atoms with Crippen LogP contribution in [0.2, 0.25) is 4.34 Å². The molecule has 1 aromatic heterocycles. The molecular formula is C8H11ClN2O5S2. The minimum atomic E-state index is -3.83. The molecule has 0 aliphatic rings. The average molecular weight is 315 g/mol. The van der Waals surface area contributed by atoms with E-state index in [1.807, 2.05) is 0 Å². The van der Waals surface area contributed by atoms with Gasteiger partial charge in [-0.25, -0.2) is 13.1 Å². The summed E-state index contributed by atoms with van der Waals surface area (Å²) in [6.45, 7) is 1.54. The zero-order valence-corrected chi connectivity index (χ0v) is 11.7. The minimum Gasteiger partial charge on any atom is -0.396 e. The van der Waals surface area contributed by atoms with E-state index in [-0.39, 0.29) is 27.6 Å². The van der Waals surface area contributed by atoms with Gasteiger partial charge in [0.15, 0.2) is 4.34 Å². The fourth-order valence-electron chi connectivity index (χ4n) is 0.983. The molecule has 2 N–H and O–H groups in total. The maximum absolute atomic E-state index is 11.8. The fraction of sp³-hybridized carbons (Fsp3) is 0.500. The van der Waals surface area contributed by atoms with Gasteiger partial charge in [0, 0.05) is 19.2 Å². The molecule has 0 bridgehead atoms. The van der Waals surface area contributed by atoms with Crippen molar-refractivity contribution in [1.29, 1.82) is 0 Å². The molecule has 1 heterocycles. The Morgan fingerprint density at radius 3 is 2.72 bits per heavy atom. The van der Waals surface area contributed by atoms with Gasteiger partial charge in [-0.1, -0.05) is 18.5 Å². The van der Waals surface area contributed by atoms with Crippen LogP contribution >= 0.6 is 22.9 Å². The van der Waals surface area contributed by atoms with Gasteiger partial charge in [-0.2, -0.15) is 0 Å². The largest absolute Gasteiger partial charge is 0.396 e. The number of nitrogens with zero attached hydrogens (tertiary/aromatic N) is 1. The van der Waals surface area contributed by atoms with Crippen LogP contribution in [0.1, 0.15) is 6.92 Å². The summed E-state index contributed by atoms with van der Waals surface area (Å²) >= 11 is 6.20. The van der Waals surface area contributed by atoms with Gasteiger partial charge < -0.3 is 5.11 Å². The van der Waals surface area contributed by atoms with Gasteiger partial charge in [0.05, 0.1) is 4.92 Å². The molecule has 0 radical (unpaired) electrons. The Hall–Kier alpha value is -0.740. The molecule has 7 nitrogen and oxygen atoms in total. The van der Waals surface area contributed by atoms with Crippen LogP contribution in [0.4, 0.5) is 5.69 Å². The summed E-state index contributed by atoms with van der Waals surface area (Å²) in [6, 6.07) is 0.916. The van der Waals surface area contributed by atoms with E-state index in [9.17, 15) is 18.5 Å². The smallest absolute Gasteiger partial charge is 0.300 e. The molecule has 102 valence electrons. The van der Waals surface area contributed by atoms with Crippen LogP contribution in [0.3, 0.4) is 0 Å². The van der Waals surface area contributed by atoms with Gasteiger partial charge in [0.1, 0.15) is 4.21 Å². The average Bonchev–Trinajstić information content (AvgIpc) is 2.69. The van der Waals surface area contributed by atoms with Crippen molar-refractivity contribution in [1.82, 2.24) is 4.72 Å². The van der Waals surface area contributed by atoms with Gasteiger partial charge in [0.2, 0.25) is 10.0 Å². The molecule has 1 aromatic rings. The molecule has 1 atom stereocenters. The second kappa shape index (κ2) is 5.93. The van der Waals surface area contributed by atoms with Crippen LogP contribution < -0.4 is 4.72 Å². The summed E-state index contributed by atoms with van der Waals surface area (Å²) in [5.74, 6) is -0.245. The number of aliphatic hydroxyl groups excluding tert-OH is 1. The fourth-order valence-corrected chi connectivity index (χ4v) is 3.86. The Kier molecular flexibility index (Phi) is 5.05. The van der Waals surface area contributed by atoms with Crippen molar-refractivity contribution in [2.24, 2.45) is 5.92 Å². The predicted octanol–water partition coefficient (Wildman–Crippen LogP) is 1.22. The van der Waals surface area contributed by atoms with E-state index in [0.29, 0.717) is 11.3 Å². The van der Waals surface area contributed by atoms with E-state index in [0.717, 1.165) is 6.07 Å². The normalized spacial score (nSPS) is 13.5. The maximum atomic E-state index is 11.8. The first-order chi connectivity index (χ1) is 8.27. The number of nitrogens with one attached hydrogen (secondary N) is 1. The number of rotatable bonds is 6. The predicted molar refractivity (Wildman–Crippen MR) is 67.4 cm³/mol. The van der Waals surface area contributed by atoms with E-state index in [2.05, 4.69) is 4.72 Å². The Bertz CT molecular complexity index is 542. The summed E-state index contributed by atoms with van der Waals surface area (Å²) < 4.78 is 25.4. The summed E-state index contributed by atoms with van der Waals surface area (Å²) in [6.07, 6.45) is 0. The Balaban J connectivity index is 2.92. The molecule has 0 saturated heterocycles. The highest BCUT2D eigenvalue weighted by molar-refractivity contribution is 7.91. The lowest BCUT2D eigenvalue weighted by Gasteiger charge is -2.08. The molecule has 0 aliphatic carbocycles. The number of sulfonamides is 1. The van der Waals surface area contributed by atoms with Crippen molar-refractivity contribution in [2.75, 3.05) is 13.2 Å². The molecule has 0 aromatic carbocycles. The molecular weight excluding hydrogens is 304 g/mol. The first-order valence-electron chi connectivity index (χ1n) is 4.82. The summed E-state index contributed by atoms with van der Waals surface area (Å²) in [5.41, 5.74) is -0.433. The number of thiophene rings is 1. The van der Waals surface area contributed by atoms with Gasteiger partial charge in [-0.3, -0.25) is 10.1 Å². The molecule has 1 rings (SSSR count). The van der Waals surface area contributed by atoms with Crippen LogP contribution in [-0.4, -0.2) is 31.6 Å². The van der Waals surface area contributed by atoms with Crippen LogP contribution in [0, 0.1) is 16.0 Å². The van der Waals surface area contributed by atoms with Crippen molar-refractivity contribution < 1.29 is 18.4 Å². The minimum absolute atomic E-state index is 0.0438. The third-order valence-corrected chi connectivity index (χ3v) is 5.28. The van der Waals surface area contributed by atoms with E-state index in [1.165, 1.54) is 0 Å². The van der Waals surface area contributed by atoms with Crippen molar-refractivity contribution in [3.8, 4) is 0 Å². The Morgan fingerprint density at radius 2 is 2.28 bits per heavy atom. The van der Waals surface area contributed by atoms with Gasteiger partial charge >= 0.3 is 0 Å². The van der Waals surface area contributed by atoms with Crippen LogP contribution in [-0.2, 0) is 10.0 Å². The zero-order valence-electron chi connectivity index (χ0n) is 9.29. The molecule has 0 aliphatic heterocycles. The van der Waals surface area contributed by atoms with E-state index >= 15 is 0 Å². The summed E-state index contributed by atoms with van der Waals surface area (Å²) in [4.78, 5) is 9.81. The highest BCUT2D eigenvalue weighted by atomic mass is 35.5. The maximum Gasteiger partial charge on any atom is 0.300 e. The summed E-state index contributed by atoms with van der Waals surface area (Å²) in [5, 5.41) is 19.3. The molecule has 10 heteroatoms. The first kappa shape index (κ1) is 15.3. The van der Waals surface area contributed by atoms with Gasteiger partial charge in [0.25, 0.3) is 5.69 Å². The number of halogens is 1. The number of hydrogen-bond acceptors (Lipinski definition) is 6. The second-order valence-corrected chi connectivity index (χ2v) is 7.27. The van der Waals surface area contributed by atoms with Crippen molar-refractivity contribution in [3.05, 3.63) is 20.5 Å². The highest BCUT2D eigenvalue weighted by Gasteiger charge is 2.25. The zero-order chi connectivity index (χ0) is 13.9. The van der Waals surface area contributed by atoms with Gasteiger partial charge in [-0.05, 0) is 5.92 Å². The lowest BCUT2D eigenvalue weighted by molar-refractivity contribution is -0.384. The number of aliphatic hydroxyl groups is 1. The second-order valence-electron chi connectivity index (χ2n) is 3.62. The van der Waals surface area contributed by atoms with Crippen molar-refractivity contribution in [3.63, 3.8) is 0 Å². The molecule has 18 heavy (non-hydrogen) atoms. The third kappa shape index (κ3) is 3.62. The van der Waals surface area contributed by atoms with Crippen LogP contribution in [0.15, 0.2) is 10.3 Å². The molecule has 0 saturated carbocycles. The Morgan fingerprint density at radius 1 is 1.67 bits per heavy atom. The van der Waals surface area contributed by atoms with Crippen molar-refractivity contribution >= 4 is 38.6 Å². The van der Waals surface area contributed by atoms with Crippen LogP contribution in [0.5, 0.6) is 0 Å². The highest BCUT2D eigenvalue weighted by Crippen LogP contribution is 2.36. The molecule has 0 spiro atoms. The molecule has 0 fully saturated rings.